The van der Waals surface area contributed by atoms with Gasteiger partial charge >= 0.3 is 0 Å². The molecule has 0 heterocycles. The minimum absolute atomic E-state index is 0.664. The number of nitrogens with two attached hydrogens (primary N) is 1. The van der Waals surface area contributed by atoms with Gasteiger partial charge in [0.25, 0.3) is 0 Å². The van der Waals surface area contributed by atoms with Crippen molar-refractivity contribution in [3.8, 4) is 5.75 Å². The summed E-state index contributed by atoms with van der Waals surface area (Å²) in [6.07, 6.45) is 1.85. The molecule has 0 fully saturated rings. The molecule has 0 radical (unpaired) electrons. The second-order valence-electron chi connectivity index (χ2n) is 3.28. The molecule has 0 aliphatic carbocycles. The van der Waals surface area contributed by atoms with Crippen LogP contribution in [0.4, 0.5) is 5.69 Å². The molecule has 0 saturated heterocycles. The molecule has 0 aliphatic heterocycles. The van der Waals surface area contributed by atoms with Crippen molar-refractivity contribution in [2.24, 2.45) is 10.7 Å². The van der Waals surface area contributed by atoms with Gasteiger partial charge in [0.05, 0.1) is 18.1 Å². The van der Waals surface area contributed by atoms with Gasteiger partial charge in [-0.25, -0.2) is 4.99 Å². The van der Waals surface area contributed by atoms with Crippen LogP contribution in [-0.4, -0.2) is 12.4 Å². The highest BCUT2D eigenvalue weighted by Crippen LogP contribution is 2.19. The monoisotopic (exact) mass is 206 g/mol. The van der Waals surface area contributed by atoms with Gasteiger partial charge in [-0.05, 0) is 25.5 Å². The van der Waals surface area contributed by atoms with Crippen molar-refractivity contribution in [2.75, 3.05) is 6.61 Å². The molecule has 15 heavy (non-hydrogen) atoms. The van der Waals surface area contributed by atoms with Crippen molar-refractivity contribution >= 4 is 11.5 Å². The van der Waals surface area contributed by atoms with Crippen LogP contribution >= 0.6 is 0 Å². The number of hydrogen-bond donors (Lipinski definition) is 1. The van der Waals surface area contributed by atoms with E-state index in [-0.39, 0.29) is 0 Å². The zero-order chi connectivity index (χ0) is 11.1. The second kappa shape index (κ2) is 6.06. The molecule has 1 aromatic carbocycles. The first-order valence-electron chi connectivity index (χ1n) is 5.32. The van der Waals surface area contributed by atoms with Crippen LogP contribution in [-0.2, 0) is 0 Å². The molecular weight excluding hydrogens is 188 g/mol. The molecular formula is C12H18N2O. The Bertz CT molecular complexity index is 334. The summed E-state index contributed by atoms with van der Waals surface area (Å²) in [6.45, 7) is 4.71. The molecule has 2 N–H and O–H groups in total. The molecule has 0 aliphatic rings. The van der Waals surface area contributed by atoms with E-state index >= 15 is 0 Å². The third-order valence-corrected chi connectivity index (χ3v) is 1.91. The topological polar surface area (TPSA) is 47.6 Å². The lowest BCUT2D eigenvalue weighted by Gasteiger charge is -2.03. The number of ether oxygens (including phenoxy) is 1. The Hall–Kier alpha value is -1.51. The number of amidine groups is 1. The van der Waals surface area contributed by atoms with Crippen LogP contribution in [0, 0.1) is 0 Å². The van der Waals surface area contributed by atoms with Crippen LogP contribution < -0.4 is 10.5 Å². The highest BCUT2D eigenvalue weighted by molar-refractivity contribution is 5.83. The Morgan fingerprint density at radius 1 is 1.40 bits per heavy atom. The van der Waals surface area contributed by atoms with E-state index in [1.54, 1.807) is 0 Å². The van der Waals surface area contributed by atoms with Gasteiger partial charge in [-0.1, -0.05) is 13.0 Å². The summed E-state index contributed by atoms with van der Waals surface area (Å²) >= 11 is 0. The molecule has 0 spiro atoms. The van der Waals surface area contributed by atoms with Crippen molar-refractivity contribution in [1.29, 1.82) is 0 Å². The number of nitrogens with zero attached hydrogens (tertiary/aromatic N) is 1. The maximum absolute atomic E-state index is 5.75. The van der Waals surface area contributed by atoms with E-state index in [2.05, 4.69) is 11.9 Å². The molecule has 3 heteroatoms. The predicted molar refractivity (Wildman–Crippen MR) is 63.8 cm³/mol. The largest absolute Gasteiger partial charge is 0.494 e. The van der Waals surface area contributed by atoms with Crippen molar-refractivity contribution < 1.29 is 4.74 Å². The third-order valence-electron chi connectivity index (χ3n) is 1.91. The number of rotatable bonds is 5. The molecule has 0 aromatic heterocycles. The van der Waals surface area contributed by atoms with Crippen molar-refractivity contribution in [1.82, 2.24) is 0 Å². The van der Waals surface area contributed by atoms with Gasteiger partial charge in [0.1, 0.15) is 5.75 Å². The van der Waals surface area contributed by atoms with Crippen molar-refractivity contribution in [3.63, 3.8) is 0 Å². The average Bonchev–Trinajstić information content (AvgIpc) is 2.19. The molecule has 0 amide bonds. The van der Waals surface area contributed by atoms with Gasteiger partial charge in [0, 0.05) is 12.5 Å². The Morgan fingerprint density at radius 2 is 2.20 bits per heavy atom. The van der Waals surface area contributed by atoms with Gasteiger partial charge in [0.2, 0.25) is 0 Å². The van der Waals surface area contributed by atoms with Crippen LogP contribution in [0.5, 0.6) is 5.75 Å². The number of benzene rings is 1. The van der Waals surface area contributed by atoms with Crippen LogP contribution in [0.3, 0.4) is 0 Å². The predicted octanol–water partition coefficient (Wildman–Crippen LogP) is 2.87. The molecule has 0 saturated carbocycles. The van der Waals surface area contributed by atoms with Crippen molar-refractivity contribution in [3.05, 3.63) is 24.3 Å². The second-order valence-corrected chi connectivity index (χ2v) is 3.28. The molecule has 0 atom stereocenters. The van der Waals surface area contributed by atoms with Crippen LogP contribution in [0.25, 0.3) is 0 Å². The minimum Gasteiger partial charge on any atom is -0.494 e. The summed E-state index contributed by atoms with van der Waals surface area (Å²) in [6, 6.07) is 7.65. The Kier molecular flexibility index (Phi) is 4.68. The summed E-state index contributed by atoms with van der Waals surface area (Å²) in [5.74, 6) is 1.51. The Labute approximate surface area is 91.0 Å². The summed E-state index contributed by atoms with van der Waals surface area (Å²) < 4.78 is 5.38. The lowest BCUT2D eigenvalue weighted by atomic mass is 10.3. The number of hydrogen-bond acceptors (Lipinski definition) is 2. The fourth-order valence-corrected chi connectivity index (χ4v) is 1.29. The summed E-state index contributed by atoms with van der Waals surface area (Å²) in [4.78, 5) is 4.31. The fraction of sp³-hybridized carbons (Fsp3) is 0.417. The first-order valence-corrected chi connectivity index (χ1v) is 5.32. The number of aliphatic imine (C=N–C) groups is 1. The van der Waals surface area contributed by atoms with E-state index in [4.69, 9.17) is 10.5 Å². The summed E-state index contributed by atoms with van der Waals surface area (Å²) in [5, 5.41) is 0. The van der Waals surface area contributed by atoms with Gasteiger partial charge < -0.3 is 10.5 Å². The minimum atomic E-state index is 0.664. The summed E-state index contributed by atoms with van der Waals surface area (Å²) in [7, 11) is 0. The van der Waals surface area contributed by atoms with E-state index in [1.165, 1.54) is 0 Å². The molecule has 3 nitrogen and oxygen atoms in total. The van der Waals surface area contributed by atoms with E-state index in [9.17, 15) is 0 Å². The highest BCUT2D eigenvalue weighted by atomic mass is 16.5. The SMILES string of the molecule is CCCC(N)=Nc1cccc(OCC)c1. The van der Waals surface area contributed by atoms with E-state index in [0.29, 0.717) is 12.4 Å². The average molecular weight is 206 g/mol. The maximum Gasteiger partial charge on any atom is 0.121 e. The summed E-state index contributed by atoms with van der Waals surface area (Å²) in [5.41, 5.74) is 6.60. The third kappa shape index (κ3) is 4.02. The molecule has 0 unspecified atom stereocenters. The quantitative estimate of drug-likeness (QED) is 0.594. The first kappa shape index (κ1) is 11.6. The highest BCUT2D eigenvalue weighted by Gasteiger charge is 1.96. The lowest BCUT2D eigenvalue weighted by molar-refractivity contribution is 0.340. The maximum atomic E-state index is 5.75. The zero-order valence-corrected chi connectivity index (χ0v) is 9.36. The molecule has 1 aromatic rings. The van der Waals surface area contributed by atoms with Crippen molar-refractivity contribution in [2.45, 2.75) is 26.7 Å². The van der Waals surface area contributed by atoms with Crippen LogP contribution in [0.2, 0.25) is 0 Å². The zero-order valence-electron chi connectivity index (χ0n) is 9.36. The lowest BCUT2D eigenvalue weighted by Crippen LogP contribution is -2.09. The van der Waals surface area contributed by atoms with Crippen LogP contribution in [0.15, 0.2) is 29.3 Å². The van der Waals surface area contributed by atoms with E-state index in [1.807, 2.05) is 31.2 Å². The normalized spacial score (nSPS) is 11.5. The molecule has 1 rings (SSSR count). The fourth-order valence-electron chi connectivity index (χ4n) is 1.29. The van der Waals surface area contributed by atoms with Gasteiger partial charge in [0.15, 0.2) is 0 Å². The van der Waals surface area contributed by atoms with Gasteiger partial charge in [-0.3, -0.25) is 0 Å². The van der Waals surface area contributed by atoms with E-state index < -0.39 is 0 Å². The standard InChI is InChI=1S/C12H18N2O/c1-3-6-12(13)14-10-7-5-8-11(9-10)15-4-2/h5,7-9H,3-4,6H2,1-2H3,(H2,13,14). The molecule has 82 valence electrons. The van der Waals surface area contributed by atoms with Gasteiger partial charge in [-0.2, -0.15) is 0 Å². The first-order chi connectivity index (χ1) is 7.26. The Balaban J connectivity index is 2.76. The molecule has 0 bridgehead atoms. The van der Waals surface area contributed by atoms with E-state index in [0.717, 1.165) is 24.3 Å². The Morgan fingerprint density at radius 3 is 2.87 bits per heavy atom. The van der Waals surface area contributed by atoms with Gasteiger partial charge in [-0.15, -0.1) is 0 Å². The smallest absolute Gasteiger partial charge is 0.121 e. The van der Waals surface area contributed by atoms with Crippen LogP contribution in [0.1, 0.15) is 26.7 Å².